The van der Waals surface area contributed by atoms with Crippen molar-refractivity contribution in [3.05, 3.63) is 64.7 Å². The number of rotatable bonds is 6. The number of hydrazone groups is 1. The van der Waals surface area contributed by atoms with Crippen molar-refractivity contribution in [1.29, 1.82) is 0 Å². The van der Waals surface area contributed by atoms with E-state index in [4.69, 9.17) is 16.3 Å². The normalized spacial score (nSPS) is 11.5. The first-order valence-electron chi connectivity index (χ1n) is 7.78. The number of ether oxygens (including phenoxy) is 1. The van der Waals surface area contributed by atoms with Crippen molar-refractivity contribution >= 4 is 23.2 Å². The summed E-state index contributed by atoms with van der Waals surface area (Å²) in [5.74, 6) is 0.479. The lowest BCUT2D eigenvalue weighted by molar-refractivity contribution is -0.123. The smallest absolute Gasteiger partial charge is 0.277 e. The van der Waals surface area contributed by atoms with Crippen molar-refractivity contribution in [3.8, 4) is 5.75 Å². The Balaban J connectivity index is 1.96. The second-order valence-corrected chi connectivity index (χ2v) is 6.16. The van der Waals surface area contributed by atoms with Gasteiger partial charge in [-0.25, -0.2) is 5.43 Å². The highest BCUT2D eigenvalue weighted by atomic mass is 35.5. The zero-order chi connectivity index (χ0) is 17.5. The maximum absolute atomic E-state index is 12.0. The quantitative estimate of drug-likeness (QED) is 0.630. The van der Waals surface area contributed by atoms with Crippen molar-refractivity contribution in [1.82, 2.24) is 5.43 Å². The molecule has 4 nitrogen and oxygen atoms in total. The van der Waals surface area contributed by atoms with Crippen LogP contribution in [0.4, 0.5) is 0 Å². The zero-order valence-electron chi connectivity index (χ0n) is 14.0. The SMILES string of the molecule is Cc1cc(OCC(=O)NN=C(c2ccccc2)C(C)C)ccc1Cl. The standard InChI is InChI=1S/C19H21ClN2O2/c1-13(2)19(15-7-5-4-6-8-15)22-21-18(23)12-24-16-9-10-17(20)14(3)11-16/h4-11,13H,12H2,1-3H3,(H,21,23). The highest BCUT2D eigenvalue weighted by Crippen LogP contribution is 2.20. The van der Waals surface area contributed by atoms with Crippen LogP contribution in [-0.4, -0.2) is 18.2 Å². The molecular formula is C19H21ClN2O2. The van der Waals surface area contributed by atoms with E-state index >= 15 is 0 Å². The van der Waals surface area contributed by atoms with Gasteiger partial charge in [-0.3, -0.25) is 4.79 Å². The minimum Gasteiger partial charge on any atom is -0.484 e. The van der Waals surface area contributed by atoms with E-state index in [1.54, 1.807) is 18.2 Å². The highest BCUT2D eigenvalue weighted by Gasteiger charge is 2.10. The van der Waals surface area contributed by atoms with Gasteiger partial charge < -0.3 is 4.74 Å². The van der Waals surface area contributed by atoms with Crippen LogP contribution in [0.1, 0.15) is 25.0 Å². The fourth-order valence-corrected chi connectivity index (χ4v) is 2.26. The molecule has 0 aliphatic rings. The van der Waals surface area contributed by atoms with Crippen LogP contribution in [0.5, 0.6) is 5.75 Å². The van der Waals surface area contributed by atoms with E-state index in [0.29, 0.717) is 10.8 Å². The van der Waals surface area contributed by atoms with Crippen LogP contribution >= 0.6 is 11.6 Å². The van der Waals surface area contributed by atoms with Crippen LogP contribution in [0.2, 0.25) is 5.02 Å². The Kier molecular flexibility index (Phi) is 6.38. The summed E-state index contributed by atoms with van der Waals surface area (Å²) in [6, 6.07) is 15.0. The number of carbonyl (C=O) groups is 1. The van der Waals surface area contributed by atoms with Crippen molar-refractivity contribution in [3.63, 3.8) is 0 Å². The predicted molar refractivity (Wildman–Crippen MR) is 97.6 cm³/mol. The molecule has 0 saturated carbocycles. The number of halogens is 1. The molecule has 1 amide bonds. The molecule has 0 bridgehead atoms. The van der Waals surface area contributed by atoms with E-state index in [1.165, 1.54) is 0 Å². The van der Waals surface area contributed by atoms with E-state index < -0.39 is 0 Å². The summed E-state index contributed by atoms with van der Waals surface area (Å²) in [6.45, 7) is 5.84. The third-order valence-corrected chi connectivity index (χ3v) is 3.84. The van der Waals surface area contributed by atoms with Crippen LogP contribution in [-0.2, 0) is 4.79 Å². The Hall–Kier alpha value is -2.33. The molecule has 0 aromatic heterocycles. The monoisotopic (exact) mass is 344 g/mol. The highest BCUT2D eigenvalue weighted by molar-refractivity contribution is 6.31. The van der Waals surface area contributed by atoms with Gasteiger partial charge in [0, 0.05) is 5.02 Å². The molecule has 2 aromatic carbocycles. The van der Waals surface area contributed by atoms with E-state index in [2.05, 4.69) is 10.5 Å². The topological polar surface area (TPSA) is 50.7 Å². The Morgan fingerprint density at radius 1 is 1.21 bits per heavy atom. The molecule has 0 saturated heterocycles. The van der Waals surface area contributed by atoms with Gasteiger partial charge in [0.15, 0.2) is 6.61 Å². The summed E-state index contributed by atoms with van der Waals surface area (Å²) in [5.41, 5.74) is 5.27. The molecule has 5 heteroatoms. The molecule has 2 rings (SSSR count). The number of amides is 1. The second-order valence-electron chi connectivity index (χ2n) is 5.75. The second kappa shape index (κ2) is 8.50. The largest absolute Gasteiger partial charge is 0.484 e. The minimum atomic E-state index is -0.309. The third kappa shape index (κ3) is 5.10. The molecule has 0 spiro atoms. The van der Waals surface area contributed by atoms with Gasteiger partial charge >= 0.3 is 0 Å². The number of benzene rings is 2. The average Bonchev–Trinajstić information content (AvgIpc) is 2.57. The number of hydrogen-bond donors (Lipinski definition) is 1. The molecule has 126 valence electrons. The minimum absolute atomic E-state index is 0.106. The Morgan fingerprint density at radius 2 is 1.92 bits per heavy atom. The molecule has 0 heterocycles. The Labute approximate surface area is 147 Å². The van der Waals surface area contributed by atoms with Crippen molar-refractivity contribution < 1.29 is 9.53 Å². The molecule has 1 N–H and O–H groups in total. The van der Waals surface area contributed by atoms with Crippen LogP contribution in [0, 0.1) is 12.8 Å². The molecule has 0 aliphatic carbocycles. The van der Waals surface area contributed by atoms with Crippen molar-refractivity contribution in [2.75, 3.05) is 6.61 Å². The average molecular weight is 345 g/mol. The molecule has 24 heavy (non-hydrogen) atoms. The van der Waals surface area contributed by atoms with Gasteiger partial charge in [-0.05, 0) is 42.2 Å². The molecule has 0 aliphatic heterocycles. The van der Waals surface area contributed by atoms with E-state index in [0.717, 1.165) is 16.8 Å². The van der Waals surface area contributed by atoms with Crippen LogP contribution in [0.25, 0.3) is 0 Å². The predicted octanol–water partition coefficient (Wildman–Crippen LogP) is 4.20. The lowest BCUT2D eigenvalue weighted by Gasteiger charge is -2.11. The summed E-state index contributed by atoms with van der Waals surface area (Å²) in [6.07, 6.45) is 0. The molecule has 0 unspecified atom stereocenters. The molecule has 0 radical (unpaired) electrons. The van der Waals surface area contributed by atoms with Gasteiger partial charge in [0.2, 0.25) is 0 Å². The Bertz CT molecular complexity index is 727. The number of nitrogens with zero attached hydrogens (tertiary/aromatic N) is 1. The number of hydrogen-bond acceptors (Lipinski definition) is 3. The summed E-state index contributed by atoms with van der Waals surface area (Å²) in [5, 5.41) is 4.92. The van der Waals surface area contributed by atoms with Gasteiger partial charge in [0.25, 0.3) is 5.91 Å². The summed E-state index contributed by atoms with van der Waals surface area (Å²) in [4.78, 5) is 12.0. The first-order valence-corrected chi connectivity index (χ1v) is 8.16. The molecule has 0 atom stereocenters. The fourth-order valence-electron chi connectivity index (χ4n) is 2.15. The van der Waals surface area contributed by atoms with Crippen LogP contribution in [0.3, 0.4) is 0 Å². The van der Waals surface area contributed by atoms with E-state index in [9.17, 15) is 4.79 Å². The summed E-state index contributed by atoms with van der Waals surface area (Å²) < 4.78 is 5.46. The lowest BCUT2D eigenvalue weighted by Crippen LogP contribution is -2.27. The third-order valence-electron chi connectivity index (χ3n) is 3.42. The number of carbonyl (C=O) groups excluding carboxylic acids is 1. The van der Waals surface area contributed by atoms with E-state index in [1.807, 2.05) is 51.1 Å². The summed E-state index contributed by atoms with van der Waals surface area (Å²) in [7, 11) is 0. The number of nitrogens with one attached hydrogen (secondary N) is 1. The molecule has 2 aromatic rings. The lowest BCUT2D eigenvalue weighted by atomic mass is 10.0. The van der Waals surface area contributed by atoms with Gasteiger partial charge in [0.1, 0.15) is 5.75 Å². The first kappa shape index (κ1) is 18.0. The van der Waals surface area contributed by atoms with Gasteiger partial charge in [0.05, 0.1) is 5.71 Å². The molecule has 0 fully saturated rings. The van der Waals surface area contributed by atoms with Gasteiger partial charge in [-0.1, -0.05) is 55.8 Å². The molecular weight excluding hydrogens is 324 g/mol. The van der Waals surface area contributed by atoms with Crippen LogP contribution < -0.4 is 10.2 Å². The maximum atomic E-state index is 12.0. The van der Waals surface area contributed by atoms with Gasteiger partial charge in [-0.2, -0.15) is 5.10 Å². The van der Waals surface area contributed by atoms with Gasteiger partial charge in [-0.15, -0.1) is 0 Å². The zero-order valence-corrected chi connectivity index (χ0v) is 14.8. The Morgan fingerprint density at radius 3 is 2.54 bits per heavy atom. The maximum Gasteiger partial charge on any atom is 0.277 e. The van der Waals surface area contributed by atoms with E-state index in [-0.39, 0.29) is 18.4 Å². The summed E-state index contributed by atoms with van der Waals surface area (Å²) >= 11 is 5.96. The number of aryl methyl sites for hydroxylation is 1. The van der Waals surface area contributed by atoms with Crippen molar-refractivity contribution in [2.45, 2.75) is 20.8 Å². The van der Waals surface area contributed by atoms with Crippen LogP contribution in [0.15, 0.2) is 53.6 Å². The first-order chi connectivity index (χ1) is 11.5. The van der Waals surface area contributed by atoms with Crippen molar-refractivity contribution in [2.24, 2.45) is 11.0 Å². The fraction of sp³-hybridized carbons (Fsp3) is 0.263.